The molecule has 0 aromatic carbocycles. The van der Waals surface area contributed by atoms with Crippen LogP contribution in [0.15, 0.2) is 12.4 Å². The van der Waals surface area contributed by atoms with E-state index >= 15 is 0 Å². The van der Waals surface area contributed by atoms with Gasteiger partial charge in [-0.15, -0.1) is 0 Å². The monoisotopic (exact) mass is 279 g/mol. The summed E-state index contributed by atoms with van der Waals surface area (Å²) in [6.07, 6.45) is 11.8. The average molecular weight is 279 g/mol. The number of nitrogens with zero attached hydrogens (tertiary/aromatic N) is 2. The van der Waals surface area contributed by atoms with Crippen LogP contribution in [0.4, 0.5) is 0 Å². The molecule has 0 aliphatic carbocycles. The molecular weight excluding hydrogens is 246 g/mol. The number of rotatable bonds is 11. The largest absolute Gasteiger partial charge is 0.310 e. The standard InChI is InChI=1S/C17H33N3/c1-5-9-10-15(7-3)13-20-14-16(12-19-20)17(8-4)18-11-6-2/h12,14-15,17-18H,5-11,13H2,1-4H3. The zero-order valence-electron chi connectivity index (χ0n) is 13.9. The zero-order valence-corrected chi connectivity index (χ0v) is 13.9. The Morgan fingerprint density at radius 3 is 2.55 bits per heavy atom. The van der Waals surface area contributed by atoms with Gasteiger partial charge in [0.05, 0.1) is 6.20 Å². The maximum absolute atomic E-state index is 4.57. The van der Waals surface area contributed by atoms with Crippen molar-refractivity contribution < 1.29 is 0 Å². The van der Waals surface area contributed by atoms with Crippen molar-refractivity contribution in [2.45, 2.75) is 78.8 Å². The molecule has 0 amide bonds. The topological polar surface area (TPSA) is 29.9 Å². The molecule has 20 heavy (non-hydrogen) atoms. The van der Waals surface area contributed by atoms with E-state index in [4.69, 9.17) is 0 Å². The van der Waals surface area contributed by atoms with Crippen molar-refractivity contribution in [3.63, 3.8) is 0 Å². The fraction of sp³-hybridized carbons (Fsp3) is 0.824. The average Bonchev–Trinajstić information content (AvgIpc) is 2.92. The van der Waals surface area contributed by atoms with Crippen LogP contribution in [0.1, 0.15) is 77.8 Å². The second kappa shape index (κ2) is 9.98. The summed E-state index contributed by atoms with van der Waals surface area (Å²) in [5.74, 6) is 0.770. The molecule has 1 N–H and O–H groups in total. The predicted molar refractivity (Wildman–Crippen MR) is 86.9 cm³/mol. The highest BCUT2D eigenvalue weighted by molar-refractivity contribution is 5.10. The molecule has 2 atom stereocenters. The van der Waals surface area contributed by atoms with Crippen LogP contribution in [-0.2, 0) is 6.54 Å². The van der Waals surface area contributed by atoms with E-state index in [2.05, 4.69) is 49.0 Å². The van der Waals surface area contributed by atoms with E-state index in [0.717, 1.165) is 25.4 Å². The quantitative estimate of drug-likeness (QED) is 0.644. The lowest BCUT2D eigenvalue weighted by molar-refractivity contribution is 0.372. The number of hydrogen-bond donors (Lipinski definition) is 1. The lowest BCUT2D eigenvalue weighted by Gasteiger charge is -2.15. The fourth-order valence-electron chi connectivity index (χ4n) is 2.66. The SMILES string of the molecule is CCCCC(CC)Cn1cc(C(CC)NCCC)cn1. The summed E-state index contributed by atoms with van der Waals surface area (Å²) >= 11 is 0. The predicted octanol–water partition coefficient (Wildman–Crippen LogP) is 4.55. The van der Waals surface area contributed by atoms with Crippen LogP contribution in [0.3, 0.4) is 0 Å². The van der Waals surface area contributed by atoms with Gasteiger partial charge in [-0.1, -0.05) is 47.0 Å². The summed E-state index contributed by atoms with van der Waals surface area (Å²) in [6, 6.07) is 0.458. The molecular formula is C17H33N3. The van der Waals surface area contributed by atoms with E-state index < -0.39 is 0 Å². The first-order valence-corrected chi connectivity index (χ1v) is 8.50. The summed E-state index contributed by atoms with van der Waals surface area (Å²) in [7, 11) is 0. The molecule has 3 heteroatoms. The van der Waals surface area contributed by atoms with Gasteiger partial charge >= 0.3 is 0 Å². The molecule has 3 nitrogen and oxygen atoms in total. The van der Waals surface area contributed by atoms with Gasteiger partial charge in [-0.3, -0.25) is 4.68 Å². The van der Waals surface area contributed by atoms with Gasteiger partial charge < -0.3 is 5.32 Å². The highest BCUT2D eigenvalue weighted by atomic mass is 15.3. The van der Waals surface area contributed by atoms with Crippen molar-refractivity contribution in [3.8, 4) is 0 Å². The van der Waals surface area contributed by atoms with E-state index in [0.29, 0.717) is 6.04 Å². The maximum Gasteiger partial charge on any atom is 0.0537 e. The molecule has 0 fully saturated rings. The maximum atomic E-state index is 4.57. The first-order valence-electron chi connectivity index (χ1n) is 8.50. The lowest BCUT2D eigenvalue weighted by atomic mass is 9.99. The van der Waals surface area contributed by atoms with E-state index in [-0.39, 0.29) is 0 Å². The second-order valence-corrected chi connectivity index (χ2v) is 5.83. The van der Waals surface area contributed by atoms with Crippen LogP contribution in [-0.4, -0.2) is 16.3 Å². The van der Waals surface area contributed by atoms with E-state index in [1.165, 1.54) is 37.7 Å². The Balaban J connectivity index is 2.56. The van der Waals surface area contributed by atoms with Crippen molar-refractivity contribution in [3.05, 3.63) is 18.0 Å². The smallest absolute Gasteiger partial charge is 0.0537 e. The van der Waals surface area contributed by atoms with Gasteiger partial charge in [0.25, 0.3) is 0 Å². The van der Waals surface area contributed by atoms with Crippen molar-refractivity contribution in [2.24, 2.45) is 5.92 Å². The Morgan fingerprint density at radius 2 is 1.95 bits per heavy atom. The highest BCUT2D eigenvalue weighted by Crippen LogP contribution is 2.18. The van der Waals surface area contributed by atoms with Gasteiger partial charge in [-0.25, -0.2) is 0 Å². The molecule has 0 aliphatic rings. The second-order valence-electron chi connectivity index (χ2n) is 5.83. The molecule has 1 aromatic rings. The van der Waals surface area contributed by atoms with Gasteiger partial charge in [0.2, 0.25) is 0 Å². The Labute approximate surface area is 125 Å². The molecule has 2 unspecified atom stereocenters. The summed E-state index contributed by atoms with van der Waals surface area (Å²) in [5, 5.41) is 8.16. The first kappa shape index (κ1) is 17.2. The minimum atomic E-state index is 0.458. The minimum absolute atomic E-state index is 0.458. The van der Waals surface area contributed by atoms with E-state index in [1.807, 2.05) is 6.20 Å². The molecule has 0 radical (unpaired) electrons. The van der Waals surface area contributed by atoms with Crippen molar-refractivity contribution >= 4 is 0 Å². The first-order chi connectivity index (χ1) is 9.74. The van der Waals surface area contributed by atoms with Crippen LogP contribution in [0.2, 0.25) is 0 Å². The summed E-state index contributed by atoms with van der Waals surface area (Å²) in [6.45, 7) is 11.2. The molecule has 0 spiro atoms. The van der Waals surface area contributed by atoms with Crippen LogP contribution < -0.4 is 5.32 Å². The van der Waals surface area contributed by atoms with E-state index in [1.54, 1.807) is 0 Å². The lowest BCUT2D eigenvalue weighted by Crippen LogP contribution is -2.21. The number of unbranched alkanes of at least 4 members (excludes halogenated alkanes) is 1. The zero-order chi connectivity index (χ0) is 14.8. The van der Waals surface area contributed by atoms with Gasteiger partial charge in [-0.2, -0.15) is 5.10 Å². The molecule has 0 aliphatic heterocycles. The van der Waals surface area contributed by atoms with Crippen LogP contribution in [0.5, 0.6) is 0 Å². The minimum Gasteiger partial charge on any atom is -0.310 e. The molecule has 1 aromatic heterocycles. The molecule has 1 rings (SSSR count). The molecule has 0 saturated heterocycles. The highest BCUT2D eigenvalue weighted by Gasteiger charge is 2.12. The number of aromatic nitrogens is 2. The van der Waals surface area contributed by atoms with Gasteiger partial charge in [-0.05, 0) is 31.7 Å². The Morgan fingerprint density at radius 1 is 1.15 bits per heavy atom. The number of nitrogens with one attached hydrogen (secondary N) is 1. The van der Waals surface area contributed by atoms with Crippen LogP contribution in [0.25, 0.3) is 0 Å². The Kier molecular flexibility index (Phi) is 8.59. The molecule has 116 valence electrons. The summed E-state index contributed by atoms with van der Waals surface area (Å²) in [5.41, 5.74) is 1.34. The summed E-state index contributed by atoms with van der Waals surface area (Å²) in [4.78, 5) is 0. The van der Waals surface area contributed by atoms with Gasteiger partial charge in [0.1, 0.15) is 0 Å². The molecule has 0 saturated carbocycles. The van der Waals surface area contributed by atoms with Crippen molar-refractivity contribution in [1.82, 2.24) is 15.1 Å². The normalized spacial score (nSPS) is 14.4. The third-order valence-corrected chi connectivity index (χ3v) is 4.09. The Bertz CT molecular complexity index is 346. The fourth-order valence-corrected chi connectivity index (χ4v) is 2.66. The van der Waals surface area contributed by atoms with Crippen LogP contribution >= 0.6 is 0 Å². The molecule has 1 heterocycles. The Hall–Kier alpha value is -0.830. The third-order valence-electron chi connectivity index (χ3n) is 4.09. The molecule has 0 bridgehead atoms. The number of hydrogen-bond acceptors (Lipinski definition) is 2. The third kappa shape index (κ3) is 5.66. The van der Waals surface area contributed by atoms with E-state index in [9.17, 15) is 0 Å². The summed E-state index contributed by atoms with van der Waals surface area (Å²) < 4.78 is 2.15. The van der Waals surface area contributed by atoms with Gasteiger partial charge in [0.15, 0.2) is 0 Å². The van der Waals surface area contributed by atoms with Crippen LogP contribution in [0, 0.1) is 5.92 Å². The van der Waals surface area contributed by atoms with Crippen molar-refractivity contribution in [2.75, 3.05) is 6.54 Å². The van der Waals surface area contributed by atoms with Crippen molar-refractivity contribution in [1.29, 1.82) is 0 Å². The van der Waals surface area contributed by atoms with Gasteiger partial charge in [0, 0.05) is 24.3 Å².